The Hall–Kier alpha value is -1.04. The molecule has 1 atom stereocenters. The Morgan fingerprint density at radius 1 is 1.31 bits per heavy atom. The van der Waals surface area contributed by atoms with Crippen LogP contribution in [0.3, 0.4) is 0 Å². The number of carbonyl (C=O) groups is 1. The van der Waals surface area contributed by atoms with E-state index in [2.05, 4.69) is 43.8 Å². The van der Waals surface area contributed by atoms with Crippen LogP contribution in [0.2, 0.25) is 0 Å². The fourth-order valence-corrected chi connectivity index (χ4v) is 3.79. The number of aliphatic hydroxyl groups excluding tert-OH is 1. The summed E-state index contributed by atoms with van der Waals surface area (Å²) in [5.74, 6) is 1.72. The molecule has 150 valence electrons. The van der Waals surface area contributed by atoms with E-state index in [9.17, 15) is 4.79 Å². The third-order valence-corrected chi connectivity index (χ3v) is 5.54. The second-order valence-electron chi connectivity index (χ2n) is 7.04. The average Bonchev–Trinajstić information content (AvgIpc) is 2.60. The van der Waals surface area contributed by atoms with Crippen LogP contribution in [-0.4, -0.2) is 36.2 Å². The predicted molar refractivity (Wildman–Crippen MR) is 115 cm³/mol. The minimum atomic E-state index is -0.127. The fraction of sp³-hybridized carbons (Fsp3) is 0.667. The molecular weight excluding hydrogens is 344 g/mol. The summed E-state index contributed by atoms with van der Waals surface area (Å²) in [5, 5.41) is 8.90. The number of rotatable bonds is 11. The number of aliphatic hydroxyl groups is 1. The Bertz CT molecular complexity index is 507. The third-order valence-electron chi connectivity index (χ3n) is 4.08. The summed E-state index contributed by atoms with van der Waals surface area (Å²) < 4.78 is 0. The zero-order valence-electron chi connectivity index (χ0n) is 17.4. The van der Waals surface area contributed by atoms with Crippen molar-refractivity contribution in [1.29, 1.82) is 0 Å². The van der Waals surface area contributed by atoms with Crippen molar-refractivity contribution in [3.63, 3.8) is 0 Å². The van der Waals surface area contributed by atoms with E-state index in [-0.39, 0.29) is 23.8 Å². The number of hydrogen-bond acceptors (Lipinski definition) is 4. The molecule has 1 aromatic carbocycles. The highest BCUT2D eigenvalue weighted by atomic mass is 32.2. The fourth-order valence-electron chi connectivity index (χ4n) is 2.82. The Morgan fingerprint density at radius 2 is 2.00 bits per heavy atom. The smallest absolute Gasteiger partial charge is 0.241 e. The van der Waals surface area contributed by atoms with Gasteiger partial charge in [-0.2, -0.15) is 11.8 Å². The molecule has 0 aromatic heterocycles. The molecule has 26 heavy (non-hydrogen) atoms. The molecule has 5 heteroatoms. The van der Waals surface area contributed by atoms with Crippen LogP contribution in [0, 0.1) is 12.3 Å². The van der Waals surface area contributed by atoms with Crippen LogP contribution in [0.15, 0.2) is 24.3 Å². The number of nitrogens with one attached hydrogen (secondary N) is 2. The Labute approximate surface area is 164 Å². The number of thioether (sulfide) groups is 1. The zero-order valence-corrected chi connectivity index (χ0v) is 18.2. The van der Waals surface area contributed by atoms with Gasteiger partial charge in [0.1, 0.15) is 0 Å². The molecule has 4 nitrogen and oxygen atoms in total. The van der Waals surface area contributed by atoms with E-state index in [1.807, 2.05) is 26.0 Å². The lowest BCUT2D eigenvalue weighted by atomic mass is 9.85. The quantitative estimate of drug-likeness (QED) is 0.395. The van der Waals surface area contributed by atoms with E-state index in [0.717, 1.165) is 36.3 Å². The van der Waals surface area contributed by atoms with E-state index < -0.39 is 0 Å². The van der Waals surface area contributed by atoms with E-state index in [0.29, 0.717) is 0 Å². The van der Waals surface area contributed by atoms with Gasteiger partial charge in [-0.15, -0.1) is 0 Å². The van der Waals surface area contributed by atoms with Crippen LogP contribution in [0.4, 0.5) is 0 Å². The van der Waals surface area contributed by atoms with Crippen LogP contribution in [0.5, 0.6) is 0 Å². The van der Waals surface area contributed by atoms with Crippen molar-refractivity contribution in [2.45, 2.75) is 59.8 Å². The van der Waals surface area contributed by atoms with Gasteiger partial charge in [0.2, 0.25) is 5.91 Å². The van der Waals surface area contributed by atoms with Crippen molar-refractivity contribution in [3.8, 4) is 0 Å². The second-order valence-corrected chi connectivity index (χ2v) is 8.14. The van der Waals surface area contributed by atoms with Gasteiger partial charge in [-0.05, 0) is 36.5 Å². The lowest BCUT2D eigenvalue weighted by molar-refractivity contribution is -0.123. The normalized spacial score (nSPS) is 12.1. The highest BCUT2D eigenvalue weighted by Gasteiger charge is 2.23. The Kier molecular flexibility index (Phi) is 13.5. The first-order valence-corrected chi connectivity index (χ1v) is 10.8. The van der Waals surface area contributed by atoms with Crippen LogP contribution >= 0.6 is 11.8 Å². The largest absolute Gasteiger partial charge is 0.396 e. The van der Waals surface area contributed by atoms with Crippen molar-refractivity contribution >= 4 is 17.7 Å². The van der Waals surface area contributed by atoms with Crippen molar-refractivity contribution in [2.75, 3.05) is 25.2 Å². The maximum absolute atomic E-state index is 12.4. The van der Waals surface area contributed by atoms with Crippen LogP contribution in [0.1, 0.15) is 64.0 Å². The number of benzene rings is 1. The first kappa shape index (κ1) is 25.0. The second kappa shape index (κ2) is 14.1. The summed E-state index contributed by atoms with van der Waals surface area (Å²) in [6, 6.07) is 8.20. The summed E-state index contributed by atoms with van der Waals surface area (Å²) in [6.45, 7) is 10.8. The minimum absolute atomic E-state index is 0.0237. The molecule has 3 N–H and O–H groups in total. The summed E-state index contributed by atoms with van der Waals surface area (Å²) in [4.78, 5) is 12.4. The molecule has 1 amide bonds. The van der Waals surface area contributed by atoms with E-state index in [1.54, 1.807) is 18.8 Å². The maximum Gasteiger partial charge on any atom is 0.241 e. The molecule has 0 aliphatic rings. The van der Waals surface area contributed by atoms with Gasteiger partial charge in [-0.3, -0.25) is 10.2 Å². The van der Waals surface area contributed by atoms with E-state index in [1.165, 1.54) is 5.56 Å². The molecular formula is C21H38N2O2S. The lowest BCUT2D eigenvalue weighted by Gasteiger charge is -2.25. The molecule has 0 spiro atoms. The molecule has 0 radical (unpaired) electrons. The van der Waals surface area contributed by atoms with Crippen molar-refractivity contribution in [2.24, 2.45) is 5.41 Å². The van der Waals surface area contributed by atoms with E-state index in [4.69, 9.17) is 5.11 Å². The van der Waals surface area contributed by atoms with Gasteiger partial charge in [0.25, 0.3) is 0 Å². The molecule has 0 heterocycles. The highest BCUT2D eigenvalue weighted by molar-refractivity contribution is 7.99. The lowest BCUT2D eigenvalue weighted by Crippen LogP contribution is -2.38. The van der Waals surface area contributed by atoms with Crippen molar-refractivity contribution in [3.05, 3.63) is 35.4 Å². The zero-order chi connectivity index (χ0) is 20.0. The van der Waals surface area contributed by atoms with Gasteiger partial charge in [0.15, 0.2) is 0 Å². The number of aryl methyl sites for hydroxylation is 1. The van der Waals surface area contributed by atoms with E-state index >= 15 is 0 Å². The molecule has 0 saturated heterocycles. The van der Waals surface area contributed by atoms with Crippen molar-refractivity contribution < 1.29 is 9.90 Å². The van der Waals surface area contributed by atoms with Crippen LogP contribution in [-0.2, 0) is 4.79 Å². The highest BCUT2D eigenvalue weighted by Crippen LogP contribution is 2.31. The molecule has 0 aliphatic heterocycles. The van der Waals surface area contributed by atoms with Gasteiger partial charge in [0, 0.05) is 12.8 Å². The standard InChI is InChI=1S/C19H32N2O2S.C2H6/c1-15-7-5-8-16(13-15)17(18(23)21-20-4)9-6-10-19(2,3)14-24-12-11-22;1-2/h5,7-8,13,17,20,22H,6,9-12,14H2,1-4H3,(H,21,23);1-2H3. The van der Waals surface area contributed by atoms with Crippen LogP contribution in [0.25, 0.3) is 0 Å². The number of hydrogen-bond donors (Lipinski definition) is 3. The molecule has 0 saturated carbocycles. The molecule has 0 fully saturated rings. The first-order valence-electron chi connectivity index (χ1n) is 9.61. The Balaban J connectivity index is 0.00000301. The topological polar surface area (TPSA) is 61.4 Å². The molecule has 0 aliphatic carbocycles. The molecule has 1 rings (SSSR count). The van der Waals surface area contributed by atoms with Crippen molar-refractivity contribution in [1.82, 2.24) is 10.9 Å². The maximum atomic E-state index is 12.4. The number of hydrazine groups is 1. The van der Waals surface area contributed by atoms with Gasteiger partial charge < -0.3 is 5.11 Å². The third kappa shape index (κ3) is 10.2. The number of amides is 1. The van der Waals surface area contributed by atoms with Gasteiger partial charge in [-0.1, -0.05) is 63.9 Å². The predicted octanol–water partition coefficient (Wildman–Crippen LogP) is 4.28. The average molecular weight is 383 g/mol. The molecule has 1 unspecified atom stereocenters. The monoisotopic (exact) mass is 382 g/mol. The molecule has 1 aromatic rings. The minimum Gasteiger partial charge on any atom is -0.396 e. The first-order chi connectivity index (χ1) is 12.4. The summed E-state index contributed by atoms with van der Waals surface area (Å²) in [6.07, 6.45) is 2.91. The Morgan fingerprint density at radius 3 is 2.58 bits per heavy atom. The SMILES string of the molecule is CC.CNNC(=O)C(CCCC(C)(C)CSCCO)c1cccc(C)c1. The van der Waals surface area contributed by atoms with Gasteiger partial charge >= 0.3 is 0 Å². The summed E-state index contributed by atoms with van der Waals surface area (Å²) in [7, 11) is 1.71. The number of carbonyl (C=O) groups excluding carboxylic acids is 1. The van der Waals surface area contributed by atoms with Gasteiger partial charge in [0.05, 0.1) is 12.5 Å². The van der Waals surface area contributed by atoms with Gasteiger partial charge in [-0.25, -0.2) is 5.43 Å². The summed E-state index contributed by atoms with van der Waals surface area (Å²) >= 11 is 1.79. The molecule has 0 bridgehead atoms. The van der Waals surface area contributed by atoms with Crippen LogP contribution < -0.4 is 10.9 Å². The summed E-state index contributed by atoms with van der Waals surface area (Å²) in [5.41, 5.74) is 7.95.